The normalized spacial score (nSPS) is 12.2. The lowest BCUT2D eigenvalue weighted by atomic mass is 10.1. The Balaban J connectivity index is 2.65. The summed E-state index contributed by atoms with van der Waals surface area (Å²) in [5, 5.41) is 0. The molecule has 1 rings (SSSR count). The van der Waals surface area contributed by atoms with Crippen LogP contribution in [-0.4, -0.2) is 18.5 Å². The lowest BCUT2D eigenvalue weighted by Crippen LogP contribution is -2.35. The molecule has 2 N–H and O–H groups in total. The molecule has 1 amide bonds. The number of benzene rings is 1. The van der Waals surface area contributed by atoms with E-state index in [0.717, 1.165) is 18.5 Å². The van der Waals surface area contributed by atoms with E-state index in [-0.39, 0.29) is 11.9 Å². The topological polar surface area (TPSA) is 46.3 Å². The van der Waals surface area contributed by atoms with Crippen LogP contribution in [0.2, 0.25) is 0 Å². The Morgan fingerprint density at radius 2 is 1.94 bits per heavy atom. The summed E-state index contributed by atoms with van der Waals surface area (Å²) in [6.07, 6.45) is 2.35. The minimum atomic E-state index is -0.0229. The highest BCUT2D eigenvalue weighted by Gasteiger charge is 2.16. The zero-order valence-corrected chi connectivity index (χ0v) is 10.7. The Morgan fingerprint density at radius 1 is 1.29 bits per heavy atom. The van der Waals surface area contributed by atoms with E-state index in [1.165, 1.54) is 0 Å². The third-order valence-corrected chi connectivity index (χ3v) is 2.78. The van der Waals surface area contributed by atoms with Gasteiger partial charge >= 0.3 is 0 Å². The van der Waals surface area contributed by atoms with Crippen molar-refractivity contribution in [2.24, 2.45) is 5.73 Å². The van der Waals surface area contributed by atoms with Crippen molar-refractivity contribution in [3.8, 4) is 0 Å². The molecule has 0 bridgehead atoms. The first-order valence-corrected chi connectivity index (χ1v) is 6.30. The molecule has 1 atom stereocenters. The molecule has 0 saturated carbocycles. The van der Waals surface area contributed by atoms with Gasteiger partial charge in [-0.05, 0) is 25.5 Å². The predicted octanol–water partition coefficient (Wildman–Crippen LogP) is 2.56. The maximum Gasteiger partial charge on any atom is 0.228 e. The smallest absolute Gasteiger partial charge is 0.228 e. The fourth-order valence-electron chi connectivity index (χ4n) is 1.92. The molecule has 0 fully saturated rings. The molecule has 3 nitrogen and oxygen atoms in total. The van der Waals surface area contributed by atoms with Gasteiger partial charge in [0.15, 0.2) is 0 Å². The van der Waals surface area contributed by atoms with E-state index in [4.69, 9.17) is 5.73 Å². The van der Waals surface area contributed by atoms with Gasteiger partial charge in [-0.1, -0.05) is 31.5 Å². The van der Waals surface area contributed by atoms with E-state index in [1.54, 1.807) is 4.90 Å². The lowest BCUT2D eigenvalue weighted by molar-refractivity contribution is -0.118. The Hall–Kier alpha value is -1.35. The van der Waals surface area contributed by atoms with Crippen molar-refractivity contribution in [2.45, 2.75) is 39.2 Å². The first-order chi connectivity index (χ1) is 8.19. The number of carbonyl (C=O) groups excluding carboxylic acids is 1. The highest BCUT2D eigenvalue weighted by Crippen LogP contribution is 2.15. The zero-order valence-electron chi connectivity index (χ0n) is 10.7. The monoisotopic (exact) mass is 234 g/mol. The van der Waals surface area contributed by atoms with Crippen molar-refractivity contribution in [1.29, 1.82) is 0 Å². The largest absolute Gasteiger partial charge is 0.327 e. The summed E-state index contributed by atoms with van der Waals surface area (Å²) < 4.78 is 0. The van der Waals surface area contributed by atoms with Crippen molar-refractivity contribution >= 4 is 11.6 Å². The minimum Gasteiger partial charge on any atom is -0.327 e. The van der Waals surface area contributed by atoms with Gasteiger partial charge in [0.1, 0.15) is 0 Å². The van der Waals surface area contributed by atoms with E-state index >= 15 is 0 Å². The number of rotatable bonds is 6. The first kappa shape index (κ1) is 13.7. The van der Waals surface area contributed by atoms with Crippen LogP contribution in [0, 0.1) is 0 Å². The number of nitrogens with two attached hydrogens (primary N) is 1. The molecule has 0 aliphatic heterocycles. The van der Waals surface area contributed by atoms with Crippen LogP contribution < -0.4 is 10.6 Å². The number of carbonyl (C=O) groups is 1. The van der Waals surface area contributed by atoms with E-state index in [0.29, 0.717) is 13.0 Å². The van der Waals surface area contributed by atoms with E-state index < -0.39 is 0 Å². The molecule has 0 aromatic heterocycles. The average Bonchev–Trinajstić information content (AvgIpc) is 2.31. The summed E-state index contributed by atoms with van der Waals surface area (Å²) in [6.45, 7) is 4.75. The zero-order chi connectivity index (χ0) is 12.7. The quantitative estimate of drug-likeness (QED) is 0.822. The van der Waals surface area contributed by atoms with Gasteiger partial charge in [-0.2, -0.15) is 0 Å². The van der Waals surface area contributed by atoms with Crippen molar-refractivity contribution in [2.75, 3.05) is 11.4 Å². The molecule has 0 saturated heterocycles. The van der Waals surface area contributed by atoms with Gasteiger partial charge in [0.05, 0.1) is 0 Å². The third-order valence-electron chi connectivity index (χ3n) is 2.78. The van der Waals surface area contributed by atoms with Gasteiger partial charge in [-0.25, -0.2) is 0 Å². The van der Waals surface area contributed by atoms with Crippen LogP contribution in [0.25, 0.3) is 0 Å². The summed E-state index contributed by atoms with van der Waals surface area (Å²) in [7, 11) is 0. The molecule has 1 unspecified atom stereocenters. The summed E-state index contributed by atoms with van der Waals surface area (Å²) in [5.74, 6) is 0.111. The number of nitrogens with zero attached hydrogens (tertiary/aromatic N) is 1. The fourth-order valence-corrected chi connectivity index (χ4v) is 1.92. The Bertz CT molecular complexity index is 337. The molecule has 0 aliphatic rings. The molecular weight excluding hydrogens is 212 g/mol. The second-order valence-electron chi connectivity index (χ2n) is 4.23. The highest BCUT2D eigenvalue weighted by atomic mass is 16.2. The molecule has 1 aromatic rings. The number of para-hydroxylation sites is 1. The predicted molar refractivity (Wildman–Crippen MR) is 72.0 cm³/mol. The number of amides is 1. The second-order valence-corrected chi connectivity index (χ2v) is 4.23. The molecule has 0 spiro atoms. The minimum absolute atomic E-state index is 0.0229. The molecule has 17 heavy (non-hydrogen) atoms. The Labute approximate surface area is 104 Å². The molecule has 0 radical (unpaired) electrons. The maximum atomic E-state index is 12.1. The molecular formula is C14H22N2O. The van der Waals surface area contributed by atoms with Crippen molar-refractivity contribution < 1.29 is 4.79 Å². The van der Waals surface area contributed by atoms with Gasteiger partial charge in [0.2, 0.25) is 5.91 Å². The first-order valence-electron chi connectivity index (χ1n) is 6.30. The van der Waals surface area contributed by atoms with Crippen molar-refractivity contribution in [3.63, 3.8) is 0 Å². The van der Waals surface area contributed by atoms with Crippen molar-refractivity contribution in [1.82, 2.24) is 0 Å². The Morgan fingerprint density at radius 3 is 2.47 bits per heavy atom. The highest BCUT2D eigenvalue weighted by molar-refractivity contribution is 5.93. The lowest BCUT2D eigenvalue weighted by Gasteiger charge is -2.22. The second kappa shape index (κ2) is 7.07. The van der Waals surface area contributed by atoms with E-state index in [9.17, 15) is 4.79 Å². The van der Waals surface area contributed by atoms with E-state index in [1.807, 2.05) is 37.3 Å². The van der Waals surface area contributed by atoms with E-state index in [2.05, 4.69) is 6.92 Å². The molecule has 0 aliphatic carbocycles. The van der Waals surface area contributed by atoms with Crippen molar-refractivity contribution in [3.05, 3.63) is 30.3 Å². The summed E-state index contributed by atoms with van der Waals surface area (Å²) in [5.41, 5.74) is 6.86. The summed E-state index contributed by atoms with van der Waals surface area (Å²) >= 11 is 0. The van der Waals surface area contributed by atoms with Crippen LogP contribution in [0.5, 0.6) is 0 Å². The molecule has 1 aromatic carbocycles. The maximum absolute atomic E-state index is 12.1. The Kier molecular flexibility index (Phi) is 5.70. The number of anilines is 1. The van der Waals surface area contributed by atoms with Gasteiger partial charge in [0, 0.05) is 24.7 Å². The fraction of sp³-hybridized carbons (Fsp3) is 0.500. The molecule has 3 heteroatoms. The number of hydrogen-bond donors (Lipinski definition) is 1. The van der Waals surface area contributed by atoms with Gasteiger partial charge in [-0.3, -0.25) is 4.79 Å². The van der Waals surface area contributed by atoms with Crippen LogP contribution in [0.4, 0.5) is 5.69 Å². The van der Waals surface area contributed by atoms with Gasteiger partial charge in [0.25, 0.3) is 0 Å². The van der Waals surface area contributed by atoms with Crippen LogP contribution in [0.15, 0.2) is 30.3 Å². The standard InChI is InChI=1S/C14H22N2O/c1-3-8-12(15)11-14(17)16(4-2)13-9-6-5-7-10-13/h5-7,9-10,12H,3-4,8,11,15H2,1-2H3. The molecule has 0 heterocycles. The van der Waals surface area contributed by atoms with Crippen LogP contribution in [0.1, 0.15) is 33.1 Å². The average molecular weight is 234 g/mol. The van der Waals surface area contributed by atoms with Crippen LogP contribution in [0.3, 0.4) is 0 Å². The summed E-state index contributed by atoms with van der Waals surface area (Å²) in [6, 6.07) is 9.71. The van der Waals surface area contributed by atoms with Crippen LogP contribution in [-0.2, 0) is 4.79 Å². The third kappa shape index (κ3) is 4.19. The van der Waals surface area contributed by atoms with Crippen LogP contribution >= 0.6 is 0 Å². The van der Waals surface area contributed by atoms with Gasteiger partial charge < -0.3 is 10.6 Å². The van der Waals surface area contributed by atoms with Gasteiger partial charge in [-0.15, -0.1) is 0 Å². The SMILES string of the molecule is CCCC(N)CC(=O)N(CC)c1ccccc1. The summed E-state index contributed by atoms with van der Waals surface area (Å²) in [4.78, 5) is 13.9. The molecule has 94 valence electrons. The number of hydrogen-bond acceptors (Lipinski definition) is 2.